The van der Waals surface area contributed by atoms with Gasteiger partial charge in [0.05, 0.1) is 10.5 Å². The van der Waals surface area contributed by atoms with Gasteiger partial charge in [-0.2, -0.15) is 5.26 Å². The Hall–Kier alpha value is -2.92. The van der Waals surface area contributed by atoms with Crippen molar-refractivity contribution in [1.82, 2.24) is 0 Å². The number of anilines is 1. The van der Waals surface area contributed by atoms with Crippen molar-refractivity contribution in [2.45, 2.75) is 32.6 Å². The van der Waals surface area contributed by atoms with Crippen molar-refractivity contribution in [2.24, 2.45) is 5.92 Å². The van der Waals surface area contributed by atoms with E-state index < -0.39 is 4.92 Å². The number of hydrogen-bond acceptors (Lipinski definition) is 6. The Bertz CT molecular complexity index is 899. The quantitative estimate of drug-likeness (QED) is 0.596. The number of ether oxygens (including phenoxy) is 1. The third-order valence-electron chi connectivity index (χ3n) is 4.73. The Morgan fingerprint density at radius 3 is 2.81 bits per heavy atom. The Morgan fingerprint density at radius 1 is 1.44 bits per heavy atom. The zero-order valence-corrected chi connectivity index (χ0v) is 15.7. The van der Waals surface area contributed by atoms with Crippen LogP contribution in [0.5, 0.6) is 5.75 Å². The number of thiophene rings is 1. The third-order valence-corrected chi connectivity index (χ3v) is 5.90. The Kier molecular flexibility index (Phi) is 5.72. The molecule has 0 aliphatic heterocycles. The van der Waals surface area contributed by atoms with E-state index in [1.54, 1.807) is 0 Å². The number of nitrogens with one attached hydrogen (secondary N) is 1. The van der Waals surface area contributed by atoms with Crippen molar-refractivity contribution >= 4 is 27.9 Å². The second-order valence-corrected chi connectivity index (χ2v) is 7.53. The predicted octanol–water partition coefficient (Wildman–Crippen LogP) is 4.06. The second kappa shape index (κ2) is 8.18. The van der Waals surface area contributed by atoms with Crippen molar-refractivity contribution in [3.63, 3.8) is 0 Å². The maximum atomic E-state index is 12.2. The fraction of sp³-hybridized carbons (Fsp3) is 0.368. The molecular formula is C19H19N3O4S. The molecule has 27 heavy (non-hydrogen) atoms. The van der Waals surface area contributed by atoms with Crippen LogP contribution in [0.2, 0.25) is 0 Å². The number of carbonyl (C=O) groups excluding carboxylic acids is 1. The zero-order chi connectivity index (χ0) is 19.4. The number of non-ortho nitro benzene ring substituents is 1. The highest BCUT2D eigenvalue weighted by Gasteiger charge is 2.25. The van der Waals surface area contributed by atoms with Gasteiger partial charge in [0.15, 0.2) is 6.61 Å². The minimum atomic E-state index is -0.498. The van der Waals surface area contributed by atoms with Crippen LogP contribution in [0.15, 0.2) is 24.3 Å². The highest BCUT2D eigenvalue weighted by molar-refractivity contribution is 7.16. The normalized spacial score (nSPS) is 15.5. The largest absolute Gasteiger partial charge is 0.484 e. The van der Waals surface area contributed by atoms with Gasteiger partial charge in [0.2, 0.25) is 0 Å². The average molecular weight is 385 g/mol. The molecule has 0 fully saturated rings. The minimum Gasteiger partial charge on any atom is -0.484 e. The van der Waals surface area contributed by atoms with Crippen LogP contribution >= 0.6 is 11.3 Å². The van der Waals surface area contributed by atoms with Gasteiger partial charge < -0.3 is 10.1 Å². The van der Waals surface area contributed by atoms with Crippen molar-refractivity contribution < 1.29 is 14.5 Å². The number of nitro benzene ring substituents is 1. The van der Waals surface area contributed by atoms with E-state index in [1.807, 2.05) is 0 Å². The molecule has 1 atom stereocenters. The Labute approximate surface area is 160 Å². The summed E-state index contributed by atoms with van der Waals surface area (Å²) in [6.07, 6.45) is 4.03. The molecule has 0 radical (unpaired) electrons. The molecule has 0 saturated carbocycles. The number of benzene rings is 1. The van der Waals surface area contributed by atoms with E-state index in [2.05, 4.69) is 18.3 Å². The molecule has 1 aromatic heterocycles. The summed E-state index contributed by atoms with van der Waals surface area (Å²) in [5, 5.41) is 23.5. The van der Waals surface area contributed by atoms with Crippen LogP contribution in [0, 0.1) is 27.4 Å². The average Bonchev–Trinajstić information content (AvgIpc) is 3.02. The summed E-state index contributed by atoms with van der Waals surface area (Å²) in [4.78, 5) is 23.5. The maximum Gasteiger partial charge on any atom is 0.269 e. The van der Waals surface area contributed by atoms with Gasteiger partial charge in [0.1, 0.15) is 16.8 Å². The van der Waals surface area contributed by atoms with E-state index in [0.717, 1.165) is 31.2 Å². The molecule has 1 amide bonds. The van der Waals surface area contributed by atoms with Crippen LogP contribution < -0.4 is 10.1 Å². The summed E-state index contributed by atoms with van der Waals surface area (Å²) >= 11 is 1.48. The van der Waals surface area contributed by atoms with Crippen LogP contribution in [-0.4, -0.2) is 17.4 Å². The number of nitrogens with zero attached hydrogens (tertiary/aromatic N) is 2. The molecule has 0 unspecified atom stereocenters. The van der Waals surface area contributed by atoms with Crippen molar-refractivity contribution in [3.8, 4) is 11.8 Å². The first-order valence-electron chi connectivity index (χ1n) is 8.73. The number of hydrogen-bond donors (Lipinski definition) is 1. The number of nitro groups is 1. The minimum absolute atomic E-state index is 0.0417. The maximum absolute atomic E-state index is 12.2. The van der Waals surface area contributed by atoms with Crippen LogP contribution in [-0.2, 0) is 17.6 Å². The molecule has 3 rings (SSSR count). The fourth-order valence-electron chi connectivity index (χ4n) is 3.18. The fourth-order valence-corrected chi connectivity index (χ4v) is 4.51. The molecule has 0 bridgehead atoms. The first-order chi connectivity index (χ1) is 13.0. The van der Waals surface area contributed by atoms with Crippen molar-refractivity contribution in [2.75, 3.05) is 11.9 Å². The summed E-state index contributed by atoms with van der Waals surface area (Å²) in [7, 11) is 0. The molecule has 0 spiro atoms. The summed E-state index contributed by atoms with van der Waals surface area (Å²) in [5.74, 6) is 0.639. The van der Waals surface area contributed by atoms with Crippen LogP contribution in [0.4, 0.5) is 10.7 Å². The van der Waals surface area contributed by atoms with Crippen LogP contribution in [0.1, 0.15) is 35.8 Å². The molecular weight excluding hydrogens is 366 g/mol. The summed E-state index contributed by atoms with van der Waals surface area (Å²) < 4.78 is 5.37. The molecule has 7 nitrogen and oxygen atoms in total. The highest BCUT2D eigenvalue weighted by Crippen LogP contribution is 2.39. The monoisotopic (exact) mass is 385 g/mol. The lowest BCUT2D eigenvalue weighted by atomic mass is 9.86. The van der Waals surface area contributed by atoms with Gasteiger partial charge in [-0.25, -0.2) is 0 Å². The molecule has 1 N–H and O–H groups in total. The first kappa shape index (κ1) is 18.9. The molecule has 1 heterocycles. The molecule has 1 aliphatic rings. The molecule has 8 heteroatoms. The first-order valence-corrected chi connectivity index (χ1v) is 9.55. The van der Waals surface area contributed by atoms with Crippen molar-refractivity contribution in [3.05, 3.63) is 50.4 Å². The van der Waals surface area contributed by atoms with E-state index in [0.29, 0.717) is 22.2 Å². The van der Waals surface area contributed by atoms with Gasteiger partial charge in [0, 0.05) is 17.0 Å². The summed E-state index contributed by atoms with van der Waals surface area (Å²) in [5.41, 5.74) is 1.59. The Balaban J connectivity index is 1.63. The number of fused-ring (bicyclic) bond motifs is 1. The van der Waals surface area contributed by atoms with Crippen LogP contribution in [0.25, 0.3) is 0 Å². The lowest BCUT2D eigenvalue weighted by Crippen LogP contribution is -2.20. The van der Waals surface area contributed by atoms with Gasteiger partial charge in [-0.1, -0.05) is 13.3 Å². The van der Waals surface area contributed by atoms with E-state index in [9.17, 15) is 20.2 Å². The van der Waals surface area contributed by atoms with E-state index in [1.165, 1.54) is 40.5 Å². The van der Waals surface area contributed by atoms with Crippen LogP contribution in [0.3, 0.4) is 0 Å². The SMILES string of the molecule is CC[C@H]1CCc2c(sc(NC(=O)COc3ccc([N+](=O)[O-])cc3)c2C#N)C1. The predicted molar refractivity (Wildman–Crippen MR) is 102 cm³/mol. The van der Waals surface area contributed by atoms with Gasteiger partial charge in [0.25, 0.3) is 11.6 Å². The van der Waals surface area contributed by atoms with Gasteiger partial charge in [-0.15, -0.1) is 11.3 Å². The Morgan fingerprint density at radius 2 is 2.19 bits per heavy atom. The number of carbonyl (C=O) groups is 1. The number of rotatable bonds is 6. The number of nitriles is 1. The van der Waals surface area contributed by atoms with Crippen molar-refractivity contribution in [1.29, 1.82) is 5.26 Å². The third kappa shape index (κ3) is 4.26. The van der Waals surface area contributed by atoms with Gasteiger partial charge in [-0.05, 0) is 42.9 Å². The topological polar surface area (TPSA) is 105 Å². The van der Waals surface area contributed by atoms with Gasteiger partial charge >= 0.3 is 0 Å². The molecule has 2 aromatic rings. The standard InChI is InChI=1S/C19H19N3O4S/c1-2-12-3-8-15-16(10-20)19(27-17(15)9-12)21-18(23)11-26-14-6-4-13(5-7-14)22(24)25/h4-7,12H,2-3,8-9,11H2,1H3,(H,21,23)/t12-/m0/s1. The smallest absolute Gasteiger partial charge is 0.269 e. The lowest BCUT2D eigenvalue weighted by Gasteiger charge is -2.20. The molecule has 0 saturated heterocycles. The van der Waals surface area contributed by atoms with E-state index in [4.69, 9.17) is 4.74 Å². The number of amides is 1. The summed E-state index contributed by atoms with van der Waals surface area (Å²) in [6.45, 7) is 1.94. The lowest BCUT2D eigenvalue weighted by molar-refractivity contribution is -0.384. The highest BCUT2D eigenvalue weighted by atomic mass is 32.1. The van der Waals surface area contributed by atoms with E-state index in [-0.39, 0.29) is 18.2 Å². The molecule has 140 valence electrons. The molecule has 1 aromatic carbocycles. The van der Waals surface area contributed by atoms with E-state index >= 15 is 0 Å². The molecule has 1 aliphatic carbocycles. The summed E-state index contributed by atoms with van der Waals surface area (Å²) in [6, 6.07) is 7.75. The second-order valence-electron chi connectivity index (χ2n) is 6.42. The van der Waals surface area contributed by atoms with Gasteiger partial charge in [-0.3, -0.25) is 14.9 Å². The zero-order valence-electron chi connectivity index (χ0n) is 14.9.